The number of furan rings is 1. The van der Waals surface area contributed by atoms with E-state index in [1.165, 1.54) is 11.8 Å². The van der Waals surface area contributed by atoms with Crippen molar-refractivity contribution in [2.24, 2.45) is 0 Å². The minimum atomic E-state index is -0.318. The number of nitrogens with zero attached hydrogens (tertiary/aromatic N) is 3. The number of nitrogens with one attached hydrogen (secondary N) is 1. The predicted molar refractivity (Wildman–Crippen MR) is 108 cm³/mol. The molecule has 2 heterocycles. The first-order valence-corrected chi connectivity index (χ1v) is 9.92. The van der Waals surface area contributed by atoms with E-state index >= 15 is 0 Å². The number of benzene rings is 1. The van der Waals surface area contributed by atoms with Crippen molar-refractivity contribution < 1.29 is 13.9 Å². The first-order valence-electron chi connectivity index (χ1n) is 9.04. The van der Waals surface area contributed by atoms with Crippen molar-refractivity contribution in [1.82, 2.24) is 20.1 Å². The second kappa shape index (κ2) is 9.57. The zero-order valence-corrected chi connectivity index (χ0v) is 17.0. The molecule has 0 saturated carbocycles. The number of aryl methyl sites for hydroxylation is 1. The highest BCUT2D eigenvalue weighted by molar-refractivity contribution is 8.00. The summed E-state index contributed by atoms with van der Waals surface area (Å²) in [6.45, 7) is 5.34. The van der Waals surface area contributed by atoms with Crippen LogP contribution in [0.2, 0.25) is 0 Å². The summed E-state index contributed by atoms with van der Waals surface area (Å²) in [6, 6.07) is 11.9. The number of amides is 1. The van der Waals surface area contributed by atoms with Crippen molar-refractivity contribution >= 4 is 17.7 Å². The van der Waals surface area contributed by atoms with Gasteiger partial charge in [-0.25, -0.2) is 0 Å². The Kier molecular flexibility index (Phi) is 6.89. The maximum atomic E-state index is 12.3. The average molecular weight is 401 g/mol. The van der Waals surface area contributed by atoms with E-state index in [4.69, 9.17) is 9.15 Å². The number of hydrogen-bond acceptors (Lipinski definition) is 6. The summed E-state index contributed by atoms with van der Waals surface area (Å²) >= 11 is 1.37. The predicted octanol–water partition coefficient (Wildman–Crippen LogP) is 3.14. The van der Waals surface area contributed by atoms with Gasteiger partial charge in [-0.1, -0.05) is 35.5 Å². The Labute approximate surface area is 168 Å². The monoisotopic (exact) mass is 400 g/mol. The summed E-state index contributed by atoms with van der Waals surface area (Å²) in [4.78, 5) is 12.3. The standard InChI is InChI=1S/C20H24N4O3S/c1-14-6-4-7-16(12-14)18-22-23-20(24(18)13-17-8-5-10-27-17)28-15(2)19(25)21-9-11-26-3/h4-8,10,12,15H,9,11,13H2,1-3H3,(H,21,25)/t15-/m1/s1. The third kappa shape index (κ3) is 5.02. The van der Waals surface area contributed by atoms with E-state index in [0.29, 0.717) is 24.9 Å². The molecule has 8 heteroatoms. The van der Waals surface area contributed by atoms with Gasteiger partial charge in [-0.3, -0.25) is 9.36 Å². The fraction of sp³-hybridized carbons (Fsp3) is 0.350. The molecule has 0 unspecified atom stereocenters. The van der Waals surface area contributed by atoms with Gasteiger partial charge in [0.2, 0.25) is 5.91 Å². The fourth-order valence-corrected chi connectivity index (χ4v) is 3.58. The van der Waals surface area contributed by atoms with E-state index in [9.17, 15) is 4.79 Å². The van der Waals surface area contributed by atoms with Crippen LogP contribution in [0.3, 0.4) is 0 Å². The Hall–Kier alpha value is -2.58. The third-order valence-electron chi connectivity index (χ3n) is 4.14. The van der Waals surface area contributed by atoms with Crippen LogP contribution in [0.1, 0.15) is 18.2 Å². The van der Waals surface area contributed by atoms with Gasteiger partial charge in [-0.2, -0.15) is 0 Å². The average Bonchev–Trinajstić information content (AvgIpc) is 3.33. The summed E-state index contributed by atoms with van der Waals surface area (Å²) < 4.78 is 12.5. The summed E-state index contributed by atoms with van der Waals surface area (Å²) in [6.07, 6.45) is 1.64. The number of rotatable bonds is 9. The number of methoxy groups -OCH3 is 1. The number of hydrogen-bond donors (Lipinski definition) is 1. The Morgan fingerprint density at radius 3 is 2.89 bits per heavy atom. The van der Waals surface area contributed by atoms with E-state index in [1.54, 1.807) is 13.4 Å². The van der Waals surface area contributed by atoms with Crippen LogP contribution in [0.25, 0.3) is 11.4 Å². The summed E-state index contributed by atoms with van der Waals surface area (Å²) in [7, 11) is 1.61. The highest BCUT2D eigenvalue weighted by Crippen LogP contribution is 2.28. The molecule has 0 saturated heterocycles. The molecule has 1 N–H and O–H groups in total. The Balaban J connectivity index is 1.85. The van der Waals surface area contributed by atoms with Crippen LogP contribution in [-0.4, -0.2) is 46.2 Å². The number of thioether (sulfide) groups is 1. The second-order valence-electron chi connectivity index (χ2n) is 6.39. The fourth-order valence-electron chi connectivity index (χ4n) is 2.71. The van der Waals surface area contributed by atoms with Crippen LogP contribution in [0.15, 0.2) is 52.2 Å². The summed E-state index contributed by atoms with van der Waals surface area (Å²) in [5.74, 6) is 1.48. The molecule has 1 atom stereocenters. The third-order valence-corrected chi connectivity index (χ3v) is 5.22. The molecule has 0 aliphatic carbocycles. The molecule has 1 aromatic carbocycles. The normalized spacial score (nSPS) is 12.1. The number of aromatic nitrogens is 3. The van der Waals surface area contributed by atoms with Crippen molar-refractivity contribution in [3.05, 3.63) is 54.0 Å². The lowest BCUT2D eigenvalue weighted by Gasteiger charge is -2.13. The largest absolute Gasteiger partial charge is 0.467 e. The molecule has 0 aliphatic rings. The zero-order chi connectivity index (χ0) is 19.9. The van der Waals surface area contributed by atoms with Crippen molar-refractivity contribution in [1.29, 1.82) is 0 Å². The van der Waals surface area contributed by atoms with Crippen molar-refractivity contribution in [3.8, 4) is 11.4 Å². The van der Waals surface area contributed by atoms with Crippen LogP contribution in [-0.2, 0) is 16.1 Å². The van der Waals surface area contributed by atoms with E-state index < -0.39 is 0 Å². The van der Waals surface area contributed by atoms with E-state index in [1.807, 2.05) is 48.7 Å². The van der Waals surface area contributed by atoms with Crippen LogP contribution < -0.4 is 5.32 Å². The smallest absolute Gasteiger partial charge is 0.233 e. The Morgan fingerprint density at radius 2 is 2.18 bits per heavy atom. The highest BCUT2D eigenvalue weighted by atomic mass is 32.2. The Morgan fingerprint density at radius 1 is 1.32 bits per heavy atom. The van der Waals surface area contributed by atoms with Gasteiger partial charge >= 0.3 is 0 Å². The van der Waals surface area contributed by atoms with E-state index in [2.05, 4.69) is 21.6 Å². The minimum absolute atomic E-state index is 0.0632. The second-order valence-corrected chi connectivity index (χ2v) is 7.69. The zero-order valence-electron chi connectivity index (χ0n) is 16.2. The summed E-state index contributed by atoms with van der Waals surface area (Å²) in [5.41, 5.74) is 2.12. The summed E-state index contributed by atoms with van der Waals surface area (Å²) in [5, 5.41) is 12.0. The highest BCUT2D eigenvalue weighted by Gasteiger charge is 2.21. The topological polar surface area (TPSA) is 82.2 Å². The number of ether oxygens (including phenoxy) is 1. The maximum absolute atomic E-state index is 12.3. The lowest BCUT2D eigenvalue weighted by Crippen LogP contribution is -2.33. The van der Waals surface area contributed by atoms with Crippen molar-refractivity contribution in [2.45, 2.75) is 30.8 Å². The van der Waals surface area contributed by atoms with Crippen LogP contribution in [0.4, 0.5) is 0 Å². The maximum Gasteiger partial charge on any atom is 0.233 e. The van der Waals surface area contributed by atoms with Gasteiger partial charge in [0.1, 0.15) is 5.76 Å². The SMILES string of the molecule is COCCNC(=O)[C@@H](C)Sc1nnc(-c2cccc(C)c2)n1Cc1ccco1. The lowest BCUT2D eigenvalue weighted by molar-refractivity contribution is -0.120. The molecular formula is C20H24N4O3S. The van der Waals surface area contributed by atoms with Crippen LogP contribution in [0.5, 0.6) is 0 Å². The van der Waals surface area contributed by atoms with Crippen molar-refractivity contribution in [2.75, 3.05) is 20.3 Å². The molecule has 148 valence electrons. The number of carbonyl (C=O) groups excluding carboxylic acids is 1. The Bertz CT molecular complexity index is 908. The lowest BCUT2D eigenvalue weighted by atomic mass is 10.1. The molecule has 0 radical (unpaired) electrons. The van der Waals surface area contributed by atoms with Gasteiger partial charge in [0.05, 0.1) is 24.7 Å². The first-order chi connectivity index (χ1) is 13.6. The molecule has 7 nitrogen and oxygen atoms in total. The van der Waals surface area contributed by atoms with Gasteiger partial charge < -0.3 is 14.5 Å². The van der Waals surface area contributed by atoms with E-state index in [0.717, 1.165) is 22.7 Å². The molecule has 0 spiro atoms. The minimum Gasteiger partial charge on any atom is -0.467 e. The van der Waals surface area contributed by atoms with Gasteiger partial charge in [-0.15, -0.1) is 10.2 Å². The molecule has 1 amide bonds. The molecule has 0 aliphatic heterocycles. The van der Waals surface area contributed by atoms with Gasteiger partial charge in [-0.05, 0) is 32.0 Å². The molecular weight excluding hydrogens is 376 g/mol. The van der Waals surface area contributed by atoms with Crippen molar-refractivity contribution in [3.63, 3.8) is 0 Å². The molecule has 3 aromatic rings. The molecule has 0 fully saturated rings. The van der Waals surface area contributed by atoms with Gasteiger partial charge in [0, 0.05) is 19.2 Å². The molecule has 3 rings (SSSR count). The molecule has 2 aromatic heterocycles. The van der Waals surface area contributed by atoms with Gasteiger partial charge in [0.15, 0.2) is 11.0 Å². The van der Waals surface area contributed by atoms with Crippen LogP contribution >= 0.6 is 11.8 Å². The van der Waals surface area contributed by atoms with Crippen LogP contribution in [0, 0.1) is 6.92 Å². The first kappa shape index (κ1) is 20.2. The number of carbonyl (C=O) groups is 1. The quantitative estimate of drug-likeness (QED) is 0.439. The molecule has 0 bridgehead atoms. The van der Waals surface area contributed by atoms with E-state index in [-0.39, 0.29) is 11.2 Å². The molecule has 28 heavy (non-hydrogen) atoms. The van der Waals surface area contributed by atoms with Gasteiger partial charge in [0.25, 0.3) is 0 Å².